The quantitative estimate of drug-likeness (QED) is 0.670. The van der Waals surface area contributed by atoms with E-state index < -0.39 is 10.0 Å². The van der Waals surface area contributed by atoms with Crippen LogP contribution in [0.2, 0.25) is 0 Å². The number of amides is 2. The van der Waals surface area contributed by atoms with E-state index in [4.69, 9.17) is 4.74 Å². The molecule has 0 aromatic heterocycles. The molecular weight excluding hydrogens is 442 g/mol. The van der Waals surface area contributed by atoms with Crippen molar-refractivity contribution in [3.05, 3.63) is 47.5 Å². The van der Waals surface area contributed by atoms with E-state index in [0.717, 1.165) is 35.3 Å². The van der Waals surface area contributed by atoms with Crippen LogP contribution in [0, 0.1) is 0 Å². The molecule has 0 spiro atoms. The molecule has 2 aromatic carbocycles. The topological polar surface area (TPSA) is 96.0 Å². The minimum atomic E-state index is -3.55. The van der Waals surface area contributed by atoms with E-state index in [-0.39, 0.29) is 23.3 Å². The van der Waals surface area contributed by atoms with Crippen molar-refractivity contribution in [3.63, 3.8) is 0 Å². The molecule has 0 saturated carbocycles. The molecule has 0 fully saturated rings. The standard InChI is InChI=1S/C24H29N3O5S/c1-3-26(4-2)33(30,31)20-9-11-22-18(15-20)6-5-13-27(22)24(29)16-32-19-8-10-21-17(14-19)7-12-23(28)25-21/h8-11,14-15H,3-7,12-13,16H2,1-2H3,(H,25,28). The Kier molecular flexibility index (Phi) is 6.71. The molecule has 4 rings (SSSR count). The van der Waals surface area contributed by atoms with Crippen LogP contribution in [0.15, 0.2) is 41.3 Å². The second-order valence-electron chi connectivity index (χ2n) is 8.18. The summed E-state index contributed by atoms with van der Waals surface area (Å²) >= 11 is 0. The van der Waals surface area contributed by atoms with Crippen molar-refractivity contribution in [2.75, 3.05) is 36.5 Å². The number of rotatable bonds is 7. The van der Waals surface area contributed by atoms with Crippen molar-refractivity contribution in [3.8, 4) is 5.75 Å². The van der Waals surface area contributed by atoms with Crippen LogP contribution in [-0.2, 0) is 32.5 Å². The van der Waals surface area contributed by atoms with E-state index in [1.165, 1.54) is 4.31 Å². The molecule has 0 unspecified atom stereocenters. The Labute approximate surface area is 194 Å². The van der Waals surface area contributed by atoms with E-state index in [1.54, 1.807) is 35.2 Å². The lowest BCUT2D eigenvalue weighted by molar-refractivity contribution is -0.120. The van der Waals surface area contributed by atoms with Gasteiger partial charge in [-0.05, 0) is 66.8 Å². The zero-order valence-electron chi connectivity index (χ0n) is 19.0. The predicted molar refractivity (Wildman–Crippen MR) is 126 cm³/mol. The summed E-state index contributed by atoms with van der Waals surface area (Å²) in [5.41, 5.74) is 3.36. The van der Waals surface area contributed by atoms with E-state index >= 15 is 0 Å². The largest absolute Gasteiger partial charge is 0.484 e. The van der Waals surface area contributed by atoms with Crippen molar-refractivity contribution >= 4 is 33.2 Å². The van der Waals surface area contributed by atoms with Crippen molar-refractivity contribution < 1.29 is 22.7 Å². The molecule has 8 nitrogen and oxygen atoms in total. The van der Waals surface area contributed by atoms with Crippen LogP contribution in [-0.4, -0.2) is 50.8 Å². The highest BCUT2D eigenvalue weighted by atomic mass is 32.2. The van der Waals surface area contributed by atoms with Crippen LogP contribution in [0.25, 0.3) is 0 Å². The molecule has 1 N–H and O–H groups in total. The first-order valence-electron chi connectivity index (χ1n) is 11.3. The third kappa shape index (κ3) is 4.74. The summed E-state index contributed by atoms with van der Waals surface area (Å²) < 4.78 is 32.9. The SMILES string of the molecule is CCN(CC)S(=O)(=O)c1ccc2c(c1)CCCN2C(=O)COc1ccc2c(c1)CCC(=O)N2. The molecule has 0 atom stereocenters. The highest BCUT2D eigenvalue weighted by Crippen LogP contribution is 2.31. The maximum atomic E-state index is 13.0. The molecule has 2 aromatic rings. The first-order chi connectivity index (χ1) is 15.8. The monoisotopic (exact) mass is 471 g/mol. The third-order valence-electron chi connectivity index (χ3n) is 6.15. The number of benzene rings is 2. The van der Waals surface area contributed by atoms with Crippen molar-refractivity contribution in [2.24, 2.45) is 0 Å². The highest BCUT2D eigenvalue weighted by molar-refractivity contribution is 7.89. The fraction of sp³-hybridized carbons (Fsp3) is 0.417. The van der Waals surface area contributed by atoms with Gasteiger partial charge in [0.15, 0.2) is 6.61 Å². The Morgan fingerprint density at radius 1 is 1.06 bits per heavy atom. The molecule has 2 heterocycles. The van der Waals surface area contributed by atoms with Gasteiger partial charge in [-0.1, -0.05) is 13.8 Å². The summed E-state index contributed by atoms with van der Waals surface area (Å²) in [6, 6.07) is 10.4. The van der Waals surface area contributed by atoms with Gasteiger partial charge < -0.3 is 15.0 Å². The van der Waals surface area contributed by atoms with E-state index in [0.29, 0.717) is 38.2 Å². The Morgan fingerprint density at radius 3 is 2.61 bits per heavy atom. The zero-order valence-corrected chi connectivity index (χ0v) is 19.8. The molecule has 2 amide bonds. The minimum absolute atomic E-state index is 0.00293. The van der Waals surface area contributed by atoms with Gasteiger partial charge in [0.25, 0.3) is 5.91 Å². The van der Waals surface area contributed by atoms with Gasteiger partial charge in [0, 0.05) is 37.4 Å². The molecular formula is C24H29N3O5S. The number of carbonyl (C=O) groups is 2. The average Bonchev–Trinajstić information content (AvgIpc) is 2.82. The van der Waals surface area contributed by atoms with Crippen molar-refractivity contribution in [1.29, 1.82) is 0 Å². The lowest BCUT2D eigenvalue weighted by Crippen LogP contribution is -2.39. The number of aryl methyl sites for hydroxylation is 2. The van der Waals surface area contributed by atoms with Crippen molar-refractivity contribution in [1.82, 2.24) is 4.31 Å². The smallest absolute Gasteiger partial charge is 0.264 e. The van der Waals surface area contributed by atoms with Crippen molar-refractivity contribution in [2.45, 2.75) is 44.4 Å². The Morgan fingerprint density at radius 2 is 1.85 bits per heavy atom. The number of nitrogens with one attached hydrogen (secondary N) is 1. The summed E-state index contributed by atoms with van der Waals surface area (Å²) in [7, 11) is -3.55. The molecule has 0 bridgehead atoms. The van der Waals surface area contributed by atoms with Crippen LogP contribution >= 0.6 is 0 Å². The second kappa shape index (κ2) is 9.52. The second-order valence-corrected chi connectivity index (χ2v) is 10.1. The zero-order chi connectivity index (χ0) is 23.6. The number of anilines is 2. The molecule has 0 saturated heterocycles. The van der Waals surface area contributed by atoms with E-state index in [9.17, 15) is 18.0 Å². The molecule has 0 aliphatic carbocycles. The number of nitrogens with zero attached hydrogens (tertiary/aromatic N) is 2. The van der Waals surface area contributed by atoms with Crippen LogP contribution in [0.3, 0.4) is 0 Å². The Balaban J connectivity index is 1.48. The number of fused-ring (bicyclic) bond motifs is 2. The van der Waals surface area contributed by atoms with Crippen LogP contribution in [0.5, 0.6) is 5.75 Å². The number of carbonyl (C=O) groups excluding carboxylic acids is 2. The van der Waals surface area contributed by atoms with E-state index in [2.05, 4.69) is 5.32 Å². The van der Waals surface area contributed by atoms with E-state index in [1.807, 2.05) is 19.9 Å². The molecule has 33 heavy (non-hydrogen) atoms. The minimum Gasteiger partial charge on any atom is -0.484 e. The Hall–Kier alpha value is -2.91. The number of hydrogen-bond donors (Lipinski definition) is 1. The van der Waals surface area contributed by atoms with Gasteiger partial charge >= 0.3 is 0 Å². The van der Waals surface area contributed by atoms with Gasteiger partial charge in [0.05, 0.1) is 4.90 Å². The van der Waals surface area contributed by atoms with Crippen LogP contribution < -0.4 is 15.0 Å². The number of hydrogen-bond acceptors (Lipinski definition) is 5. The fourth-order valence-electron chi connectivity index (χ4n) is 4.38. The summed E-state index contributed by atoms with van der Waals surface area (Å²) in [5.74, 6) is 0.403. The summed E-state index contributed by atoms with van der Waals surface area (Å²) in [6.07, 6.45) is 2.56. The van der Waals surface area contributed by atoms with Gasteiger partial charge in [0.1, 0.15) is 5.75 Å². The first-order valence-corrected chi connectivity index (χ1v) is 12.8. The normalized spacial score (nSPS) is 15.6. The lowest BCUT2D eigenvalue weighted by atomic mass is 10.0. The summed E-state index contributed by atoms with van der Waals surface area (Å²) in [6.45, 7) is 4.90. The molecule has 2 aliphatic heterocycles. The number of sulfonamides is 1. The Bertz CT molecular complexity index is 1170. The van der Waals surface area contributed by atoms with Gasteiger partial charge in [-0.15, -0.1) is 0 Å². The molecule has 2 aliphatic rings. The summed E-state index contributed by atoms with van der Waals surface area (Å²) in [5, 5.41) is 2.83. The fourth-order valence-corrected chi connectivity index (χ4v) is 5.89. The van der Waals surface area contributed by atoms with Gasteiger partial charge in [-0.2, -0.15) is 4.31 Å². The van der Waals surface area contributed by atoms with Gasteiger partial charge in [0.2, 0.25) is 15.9 Å². The number of ether oxygens (including phenoxy) is 1. The molecule has 176 valence electrons. The predicted octanol–water partition coefficient (Wildman–Crippen LogP) is 2.96. The maximum Gasteiger partial charge on any atom is 0.264 e. The van der Waals surface area contributed by atoms with Crippen LogP contribution in [0.4, 0.5) is 11.4 Å². The summed E-state index contributed by atoms with van der Waals surface area (Å²) in [4.78, 5) is 26.4. The molecule has 9 heteroatoms. The highest BCUT2D eigenvalue weighted by Gasteiger charge is 2.27. The lowest BCUT2D eigenvalue weighted by Gasteiger charge is -2.30. The first kappa shape index (κ1) is 23.3. The van der Waals surface area contributed by atoms with Gasteiger partial charge in [-0.25, -0.2) is 8.42 Å². The maximum absolute atomic E-state index is 13.0. The molecule has 0 radical (unpaired) electrons. The average molecular weight is 472 g/mol. The van der Waals surface area contributed by atoms with Gasteiger partial charge in [-0.3, -0.25) is 9.59 Å². The third-order valence-corrected chi connectivity index (χ3v) is 8.19. The van der Waals surface area contributed by atoms with Crippen LogP contribution in [0.1, 0.15) is 37.8 Å².